The van der Waals surface area contributed by atoms with Crippen molar-refractivity contribution in [1.29, 1.82) is 0 Å². The molecule has 0 aliphatic rings. The lowest BCUT2D eigenvalue weighted by Gasteiger charge is -2.19. The molecule has 19 heavy (non-hydrogen) atoms. The average Bonchev–Trinajstić information content (AvgIpc) is 2.85. The van der Waals surface area contributed by atoms with E-state index in [1.54, 1.807) is 6.07 Å². The number of aryl methyl sites for hydroxylation is 2. The summed E-state index contributed by atoms with van der Waals surface area (Å²) in [5.41, 5.74) is 3.16. The summed E-state index contributed by atoms with van der Waals surface area (Å²) < 4.78 is 15.1. The van der Waals surface area contributed by atoms with Gasteiger partial charge in [0.1, 0.15) is 5.82 Å². The monoisotopic (exact) mass is 261 g/mol. The second kappa shape index (κ2) is 5.97. The molecule has 1 aromatic carbocycles. The van der Waals surface area contributed by atoms with Gasteiger partial charge in [0.05, 0.1) is 12.2 Å². The van der Waals surface area contributed by atoms with Crippen molar-refractivity contribution in [3.8, 4) is 0 Å². The van der Waals surface area contributed by atoms with Crippen LogP contribution in [0.4, 0.5) is 4.39 Å². The van der Waals surface area contributed by atoms with E-state index in [9.17, 15) is 4.39 Å². The third kappa shape index (κ3) is 3.01. The minimum atomic E-state index is -0.194. The normalized spacial score (nSPS) is 12.6. The minimum absolute atomic E-state index is 0.0610. The van der Waals surface area contributed by atoms with Gasteiger partial charge < -0.3 is 5.32 Å². The van der Waals surface area contributed by atoms with Crippen molar-refractivity contribution in [3.63, 3.8) is 0 Å². The Kier molecular flexibility index (Phi) is 4.32. The van der Waals surface area contributed by atoms with Crippen LogP contribution in [-0.2, 0) is 6.54 Å². The van der Waals surface area contributed by atoms with Gasteiger partial charge in [0, 0.05) is 18.3 Å². The molecular formula is C15H20FN3. The van der Waals surface area contributed by atoms with Gasteiger partial charge in [-0.25, -0.2) is 4.39 Å². The van der Waals surface area contributed by atoms with Gasteiger partial charge in [0.25, 0.3) is 0 Å². The third-order valence-corrected chi connectivity index (χ3v) is 3.26. The van der Waals surface area contributed by atoms with Gasteiger partial charge in [-0.05, 0) is 43.7 Å². The lowest BCUT2D eigenvalue weighted by molar-refractivity contribution is 0.608. The number of aromatic nitrogens is 2. The van der Waals surface area contributed by atoms with E-state index in [-0.39, 0.29) is 11.9 Å². The zero-order valence-electron chi connectivity index (χ0n) is 11.7. The highest BCUT2D eigenvalue weighted by Gasteiger charge is 2.17. The van der Waals surface area contributed by atoms with E-state index < -0.39 is 0 Å². The van der Waals surface area contributed by atoms with Gasteiger partial charge in [-0.1, -0.05) is 13.0 Å². The Hall–Kier alpha value is -1.68. The van der Waals surface area contributed by atoms with Crippen LogP contribution in [0.15, 0.2) is 30.6 Å². The number of rotatable bonds is 5. The summed E-state index contributed by atoms with van der Waals surface area (Å²) in [4.78, 5) is 0. The van der Waals surface area contributed by atoms with E-state index in [1.807, 2.05) is 30.1 Å². The zero-order chi connectivity index (χ0) is 13.8. The summed E-state index contributed by atoms with van der Waals surface area (Å²) in [6, 6.07) is 4.99. The van der Waals surface area contributed by atoms with Crippen LogP contribution in [0, 0.1) is 12.7 Å². The molecule has 0 bridgehead atoms. The van der Waals surface area contributed by atoms with E-state index in [0.29, 0.717) is 0 Å². The first kappa shape index (κ1) is 13.7. The Labute approximate surface area is 113 Å². The topological polar surface area (TPSA) is 29.9 Å². The molecular weight excluding hydrogens is 241 g/mol. The van der Waals surface area contributed by atoms with Crippen LogP contribution in [0.25, 0.3) is 0 Å². The molecule has 0 aliphatic heterocycles. The molecule has 2 rings (SSSR count). The van der Waals surface area contributed by atoms with Crippen molar-refractivity contribution in [2.75, 3.05) is 6.54 Å². The summed E-state index contributed by atoms with van der Waals surface area (Å²) >= 11 is 0. The van der Waals surface area contributed by atoms with Gasteiger partial charge in [-0.3, -0.25) is 4.68 Å². The van der Waals surface area contributed by atoms with Crippen molar-refractivity contribution in [1.82, 2.24) is 15.1 Å². The summed E-state index contributed by atoms with van der Waals surface area (Å²) in [7, 11) is 0. The standard InChI is InChI=1S/C15H20FN3/c1-4-17-15(12-9-18-19(5-2)10-12)14-7-6-13(16)8-11(14)3/h6-10,15,17H,4-5H2,1-3H3. The van der Waals surface area contributed by atoms with Crippen LogP contribution in [-0.4, -0.2) is 16.3 Å². The first-order chi connectivity index (χ1) is 9.15. The van der Waals surface area contributed by atoms with Crippen molar-refractivity contribution >= 4 is 0 Å². The summed E-state index contributed by atoms with van der Waals surface area (Å²) in [5, 5.41) is 7.75. The van der Waals surface area contributed by atoms with Crippen LogP contribution in [0.1, 0.15) is 36.6 Å². The summed E-state index contributed by atoms with van der Waals surface area (Å²) in [6.45, 7) is 7.76. The minimum Gasteiger partial charge on any atom is -0.306 e. The largest absolute Gasteiger partial charge is 0.306 e. The predicted octanol–water partition coefficient (Wildman–Crippen LogP) is 3.05. The SMILES string of the molecule is CCNC(c1cnn(CC)c1)c1ccc(F)cc1C. The van der Waals surface area contributed by atoms with Gasteiger partial charge in [-0.15, -0.1) is 0 Å². The molecule has 3 nitrogen and oxygen atoms in total. The Morgan fingerprint density at radius 2 is 2.16 bits per heavy atom. The number of benzene rings is 1. The molecule has 1 N–H and O–H groups in total. The lowest BCUT2D eigenvalue weighted by atomic mass is 9.97. The first-order valence-electron chi connectivity index (χ1n) is 6.67. The maximum absolute atomic E-state index is 13.2. The molecule has 1 unspecified atom stereocenters. The molecule has 1 heterocycles. The quantitative estimate of drug-likeness (QED) is 0.896. The van der Waals surface area contributed by atoms with Crippen molar-refractivity contribution in [2.24, 2.45) is 0 Å². The van der Waals surface area contributed by atoms with Crippen LogP contribution < -0.4 is 5.32 Å². The van der Waals surface area contributed by atoms with E-state index in [4.69, 9.17) is 0 Å². The fourth-order valence-electron chi connectivity index (χ4n) is 2.28. The number of nitrogens with zero attached hydrogens (tertiary/aromatic N) is 2. The van der Waals surface area contributed by atoms with Crippen molar-refractivity contribution in [3.05, 3.63) is 53.1 Å². The maximum Gasteiger partial charge on any atom is 0.123 e. The average molecular weight is 261 g/mol. The molecule has 0 aliphatic carbocycles. The van der Waals surface area contributed by atoms with E-state index in [2.05, 4.69) is 24.3 Å². The molecule has 0 saturated heterocycles. The van der Waals surface area contributed by atoms with Crippen LogP contribution >= 0.6 is 0 Å². The van der Waals surface area contributed by atoms with E-state index >= 15 is 0 Å². The Bertz CT molecular complexity index is 548. The molecule has 102 valence electrons. The van der Waals surface area contributed by atoms with Gasteiger partial charge in [-0.2, -0.15) is 5.10 Å². The van der Waals surface area contributed by atoms with Crippen LogP contribution in [0.2, 0.25) is 0 Å². The Balaban J connectivity index is 2.38. The Morgan fingerprint density at radius 3 is 2.74 bits per heavy atom. The molecule has 1 atom stereocenters. The van der Waals surface area contributed by atoms with Crippen LogP contribution in [0.3, 0.4) is 0 Å². The van der Waals surface area contributed by atoms with Gasteiger partial charge >= 0.3 is 0 Å². The number of halogens is 1. The molecule has 4 heteroatoms. The second-order valence-corrected chi connectivity index (χ2v) is 4.62. The second-order valence-electron chi connectivity index (χ2n) is 4.62. The van der Waals surface area contributed by atoms with Gasteiger partial charge in [0.2, 0.25) is 0 Å². The highest BCUT2D eigenvalue weighted by molar-refractivity contribution is 5.35. The molecule has 0 saturated carbocycles. The molecule has 0 amide bonds. The molecule has 0 fully saturated rings. The van der Waals surface area contributed by atoms with Crippen LogP contribution in [0.5, 0.6) is 0 Å². The summed E-state index contributed by atoms with van der Waals surface area (Å²) in [6.07, 6.45) is 3.91. The van der Waals surface area contributed by atoms with E-state index in [1.165, 1.54) is 6.07 Å². The summed E-state index contributed by atoms with van der Waals surface area (Å²) in [5.74, 6) is -0.194. The number of hydrogen-bond donors (Lipinski definition) is 1. The fourth-order valence-corrected chi connectivity index (χ4v) is 2.28. The maximum atomic E-state index is 13.2. The smallest absolute Gasteiger partial charge is 0.123 e. The Morgan fingerprint density at radius 1 is 1.37 bits per heavy atom. The fraction of sp³-hybridized carbons (Fsp3) is 0.400. The lowest BCUT2D eigenvalue weighted by Crippen LogP contribution is -2.22. The van der Waals surface area contributed by atoms with Crippen molar-refractivity contribution in [2.45, 2.75) is 33.4 Å². The van der Waals surface area contributed by atoms with Crippen molar-refractivity contribution < 1.29 is 4.39 Å². The number of nitrogens with one attached hydrogen (secondary N) is 1. The third-order valence-electron chi connectivity index (χ3n) is 3.26. The highest BCUT2D eigenvalue weighted by Crippen LogP contribution is 2.25. The molecule has 0 radical (unpaired) electrons. The highest BCUT2D eigenvalue weighted by atomic mass is 19.1. The van der Waals surface area contributed by atoms with Gasteiger partial charge in [0.15, 0.2) is 0 Å². The molecule has 0 spiro atoms. The number of hydrogen-bond acceptors (Lipinski definition) is 2. The predicted molar refractivity (Wildman–Crippen MR) is 74.6 cm³/mol. The first-order valence-corrected chi connectivity index (χ1v) is 6.67. The molecule has 1 aromatic heterocycles. The van der Waals surface area contributed by atoms with E-state index in [0.717, 1.165) is 29.8 Å². The zero-order valence-corrected chi connectivity index (χ0v) is 11.7. The molecule has 2 aromatic rings.